The first-order valence-corrected chi connectivity index (χ1v) is 9.90. The summed E-state index contributed by atoms with van der Waals surface area (Å²) in [7, 11) is -3.45. The monoisotopic (exact) mass is 351 g/mol. The quantitative estimate of drug-likeness (QED) is 0.697. The largest absolute Gasteiger partial charge is 0.216 e. The Kier molecular flexibility index (Phi) is 5.64. The highest BCUT2D eigenvalue weighted by Gasteiger charge is 2.20. The molecule has 0 bridgehead atoms. The minimum atomic E-state index is -3.45. The van der Waals surface area contributed by atoms with E-state index >= 15 is 0 Å². The molecule has 0 aliphatic heterocycles. The van der Waals surface area contributed by atoms with Gasteiger partial charge in [0.05, 0.1) is 11.8 Å². The van der Waals surface area contributed by atoms with E-state index in [2.05, 4.69) is 4.72 Å². The first-order chi connectivity index (χ1) is 12.1. The van der Waals surface area contributed by atoms with Crippen molar-refractivity contribution < 1.29 is 8.42 Å². The third-order valence-electron chi connectivity index (χ3n) is 4.01. The van der Waals surface area contributed by atoms with Crippen molar-refractivity contribution in [2.45, 2.75) is 18.2 Å². The molecular formula is C21H21NO2S. The van der Waals surface area contributed by atoms with Crippen molar-refractivity contribution in [1.82, 2.24) is 4.72 Å². The zero-order chi connectivity index (χ0) is 17.5. The summed E-state index contributed by atoms with van der Waals surface area (Å²) >= 11 is 0. The van der Waals surface area contributed by atoms with Crippen LogP contribution in [-0.4, -0.2) is 8.42 Å². The fraction of sp³-hybridized carbons (Fsp3) is 0.143. The van der Waals surface area contributed by atoms with E-state index in [9.17, 15) is 8.42 Å². The fourth-order valence-electron chi connectivity index (χ4n) is 2.81. The Morgan fingerprint density at radius 2 is 1.16 bits per heavy atom. The minimum Gasteiger partial charge on any atom is -0.212 e. The summed E-state index contributed by atoms with van der Waals surface area (Å²) in [6.45, 7) is 0. The van der Waals surface area contributed by atoms with Gasteiger partial charge in [0.2, 0.25) is 10.0 Å². The van der Waals surface area contributed by atoms with E-state index in [4.69, 9.17) is 0 Å². The lowest BCUT2D eigenvalue weighted by Gasteiger charge is -2.19. The van der Waals surface area contributed by atoms with Crippen LogP contribution in [0.4, 0.5) is 0 Å². The van der Waals surface area contributed by atoms with E-state index in [1.165, 1.54) is 0 Å². The van der Waals surface area contributed by atoms with Crippen LogP contribution < -0.4 is 4.72 Å². The van der Waals surface area contributed by atoms with Crippen LogP contribution in [-0.2, 0) is 22.2 Å². The van der Waals surface area contributed by atoms with Crippen molar-refractivity contribution in [2.24, 2.45) is 0 Å². The van der Waals surface area contributed by atoms with Gasteiger partial charge >= 0.3 is 0 Å². The topological polar surface area (TPSA) is 46.2 Å². The van der Waals surface area contributed by atoms with Gasteiger partial charge < -0.3 is 0 Å². The second-order valence-corrected chi connectivity index (χ2v) is 7.77. The molecule has 128 valence electrons. The van der Waals surface area contributed by atoms with Crippen LogP contribution in [0, 0.1) is 0 Å². The van der Waals surface area contributed by atoms with E-state index in [0.717, 1.165) is 16.7 Å². The summed E-state index contributed by atoms with van der Waals surface area (Å²) < 4.78 is 28.2. The SMILES string of the molecule is O=S(=O)(Cc1ccccc1)N[C@@H](Cc1ccccc1)c1ccccc1. The molecule has 1 N–H and O–H groups in total. The number of benzene rings is 3. The Morgan fingerprint density at radius 1 is 0.680 bits per heavy atom. The normalized spacial score (nSPS) is 12.6. The highest BCUT2D eigenvalue weighted by molar-refractivity contribution is 7.88. The Hall–Kier alpha value is -2.43. The first-order valence-electron chi connectivity index (χ1n) is 8.25. The van der Waals surface area contributed by atoms with Gasteiger partial charge in [-0.3, -0.25) is 0 Å². The average Bonchev–Trinajstić information content (AvgIpc) is 2.63. The van der Waals surface area contributed by atoms with Gasteiger partial charge in [-0.2, -0.15) is 0 Å². The van der Waals surface area contributed by atoms with Gasteiger partial charge in [0.25, 0.3) is 0 Å². The minimum absolute atomic E-state index is 0.0219. The number of hydrogen-bond acceptors (Lipinski definition) is 2. The second-order valence-electron chi connectivity index (χ2n) is 6.02. The van der Waals surface area contributed by atoms with Gasteiger partial charge in [-0.1, -0.05) is 91.0 Å². The summed E-state index contributed by atoms with van der Waals surface area (Å²) in [4.78, 5) is 0. The maximum Gasteiger partial charge on any atom is 0.216 e. The summed E-state index contributed by atoms with van der Waals surface area (Å²) in [6.07, 6.45) is 0.610. The predicted octanol–water partition coefficient (Wildman–Crippen LogP) is 4.09. The average molecular weight is 351 g/mol. The standard InChI is InChI=1S/C21H21NO2S/c23-25(24,17-19-12-6-2-7-13-19)22-21(20-14-8-3-9-15-20)16-18-10-4-1-5-11-18/h1-15,21-22H,16-17H2/t21-/m0/s1. The summed E-state index contributed by atoms with van der Waals surface area (Å²) in [6, 6.07) is 28.6. The van der Waals surface area contributed by atoms with Gasteiger partial charge in [-0.25, -0.2) is 13.1 Å². The van der Waals surface area contributed by atoms with Crippen molar-refractivity contribution >= 4 is 10.0 Å². The molecule has 0 aromatic heterocycles. The lowest BCUT2D eigenvalue weighted by atomic mass is 10.00. The van der Waals surface area contributed by atoms with Gasteiger partial charge in [-0.15, -0.1) is 0 Å². The molecule has 0 amide bonds. The Bertz CT molecular complexity index is 879. The lowest BCUT2D eigenvalue weighted by molar-refractivity contribution is 0.554. The van der Waals surface area contributed by atoms with E-state index < -0.39 is 10.0 Å². The van der Waals surface area contributed by atoms with Crippen LogP contribution in [0.15, 0.2) is 91.0 Å². The summed E-state index contributed by atoms with van der Waals surface area (Å²) in [5.74, 6) is -0.0219. The molecule has 0 heterocycles. The molecule has 3 nitrogen and oxygen atoms in total. The van der Waals surface area contributed by atoms with E-state index in [1.54, 1.807) is 0 Å². The van der Waals surface area contributed by atoms with Crippen LogP contribution in [0.1, 0.15) is 22.7 Å². The van der Waals surface area contributed by atoms with Gasteiger partial charge in [0.15, 0.2) is 0 Å². The summed E-state index contributed by atoms with van der Waals surface area (Å²) in [5, 5.41) is 0. The molecule has 3 aromatic rings. The molecule has 25 heavy (non-hydrogen) atoms. The molecule has 0 saturated carbocycles. The van der Waals surface area contributed by atoms with Crippen LogP contribution in [0.2, 0.25) is 0 Å². The molecular weight excluding hydrogens is 330 g/mol. The third-order valence-corrected chi connectivity index (χ3v) is 5.36. The van der Waals surface area contributed by atoms with E-state index in [-0.39, 0.29) is 11.8 Å². The van der Waals surface area contributed by atoms with E-state index in [1.807, 2.05) is 91.0 Å². The zero-order valence-corrected chi connectivity index (χ0v) is 14.7. The van der Waals surface area contributed by atoms with E-state index in [0.29, 0.717) is 6.42 Å². The molecule has 0 unspecified atom stereocenters. The number of sulfonamides is 1. The maximum absolute atomic E-state index is 12.7. The maximum atomic E-state index is 12.7. The molecule has 0 saturated heterocycles. The Morgan fingerprint density at radius 3 is 1.72 bits per heavy atom. The molecule has 3 aromatic carbocycles. The van der Waals surface area contributed by atoms with Crippen molar-refractivity contribution in [3.63, 3.8) is 0 Å². The lowest BCUT2D eigenvalue weighted by Crippen LogP contribution is -2.31. The molecule has 0 radical (unpaired) electrons. The second kappa shape index (κ2) is 8.10. The third kappa shape index (κ3) is 5.28. The van der Waals surface area contributed by atoms with Crippen LogP contribution >= 0.6 is 0 Å². The highest BCUT2D eigenvalue weighted by atomic mass is 32.2. The van der Waals surface area contributed by atoms with Gasteiger partial charge in [-0.05, 0) is 23.1 Å². The fourth-order valence-corrected chi connectivity index (χ4v) is 4.18. The Labute approximate surface area is 149 Å². The van der Waals surface area contributed by atoms with Crippen LogP contribution in [0.25, 0.3) is 0 Å². The first kappa shape index (κ1) is 17.4. The summed E-state index contributed by atoms with van der Waals surface area (Å²) in [5.41, 5.74) is 2.84. The van der Waals surface area contributed by atoms with Crippen molar-refractivity contribution in [3.05, 3.63) is 108 Å². The number of hydrogen-bond donors (Lipinski definition) is 1. The number of nitrogens with one attached hydrogen (secondary N) is 1. The zero-order valence-electron chi connectivity index (χ0n) is 13.9. The highest BCUT2D eigenvalue weighted by Crippen LogP contribution is 2.20. The number of rotatable bonds is 7. The molecule has 3 rings (SSSR count). The Balaban J connectivity index is 1.82. The van der Waals surface area contributed by atoms with Crippen LogP contribution in [0.3, 0.4) is 0 Å². The van der Waals surface area contributed by atoms with Crippen LogP contribution in [0.5, 0.6) is 0 Å². The van der Waals surface area contributed by atoms with Gasteiger partial charge in [0.1, 0.15) is 0 Å². The molecule has 4 heteroatoms. The molecule has 0 aliphatic carbocycles. The van der Waals surface area contributed by atoms with Crippen molar-refractivity contribution in [1.29, 1.82) is 0 Å². The molecule has 0 spiro atoms. The van der Waals surface area contributed by atoms with Crippen molar-refractivity contribution in [2.75, 3.05) is 0 Å². The van der Waals surface area contributed by atoms with Gasteiger partial charge in [0, 0.05) is 0 Å². The molecule has 1 atom stereocenters. The molecule has 0 aliphatic rings. The molecule has 0 fully saturated rings. The predicted molar refractivity (Wildman–Crippen MR) is 102 cm³/mol. The smallest absolute Gasteiger partial charge is 0.212 e. The van der Waals surface area contributed by atoms with Crippen molar-refractivity contribution in [3.8, 4) is 0 Å².